The monoisotopic (exact) mass is 427 g/mol. The predicted molar refractivity (Wildman–Crippen MR) is 128 cm³/mol. The van der Waals surface area contributed by atoms with Crippen LogP contribution in [0.15, 0.2) is 66.7 Å². The van der Waals surface area contributed by atoms with E-state index >= 15 is 0 Å². The van der Waals surface area contributed by atoms with E-state index in [2.05, 4.69) is 47.1 Å². The van der Waals surface area contributed by atoms with Crippen LogP contribution in [0.25, 0.3) is 11.0 Å². The van der Waals surface area contributed by atoms with Crippen LogP contribution in [0.1, 0.15) is 41.0 Å². The van der Waals surface area contributed by atoms with Gasteiger partial charge in [-0.15, -0.1) is 0 Å². The van der Waals surface area contributed by atoms with Crippen molar-refractivity contribution in [2.75, 3.05) is 6.61 Å². The topological polar surface area (TPSA) is 56.2 Å². The van der Waals surface area contributed by atoms with Gasteiger partial charge >= 0.3 is 0 Å². The first kappa shape index (κ1) is 21.6. The third-order valence-electron chi connectivity index (χ3n) is 5.57. The Bertz CT molecular complexity index is 1260. The van der Waals surface area contributed by atoms with Crippen molar-refractivity contribution in [1.82, 2.24) is 14.9 Å². The van der Waals surface area contributed by atoms with Crippen LogP contribution in [-0.2, 0) is 11.3 Å². The predicted octanol–water partition coefficient (Wildman–Crippen LogP) is 5.27. The molecule has 0 saturated heterocycles. The maximum atomic E-state index is 12.7. The highest BCUT2D eigenvalue weighted by Crippen LogP contribution is 2.23. The average Bonchev–Trinajstić information content (AvgIpc) is 3.13. The highest BCUT2D eigenvalue weighted by molar-refractivity contribution is 5.79. The molecule has 4 aromatic rings. The van der Waals surface area contributed by atoms with Crippen molar-refractivity contribution in [2.45, 2.75) is 40.3 Å². The van der Waals surface area contributed by atoms with E-state index in [0.717, 1.165) is 33.7 Å². The summed E-state index contributed by atoms with van der Waals surface area (Å²) in [5.41, 5.74) is 6.50. The number of benzene rings is 3. The van der Waals surface area contributed by atoms with Crippen LogP contribution in [0.2, 0.25) is 0 Å². The molecule has 164 valence electrons. The molecule has 0 aliphatic rings. The Hall–Kier alpha value is -3.60. The smallest absolute Gasteiger partial charge is 0.258 e. The second kappa shape index (κ2) is 9.27. The van der Waals surface area contributed by atoms with E-state index in [-0.39, 0.29) is 18.6 Å². The molecule has 4 rings (SSSR count). The van der Waals surface area contributed by atoms with Gasteiger partial charge < -0.3 is 14.6 Å². The molecule has 5 heteroatoms. The molecule has 0 spiro atoms. The molecular formula is C27H29N3O2. The number of ether oxygens (including phenoxy) is 1. The number of nitrogens with zero attached hydrogens (tertiary/aromatic N) is 2. The van der Waals surface area contributed by atoms with Gasteiger partial charge in [-0.1, -0.05) is 54.1 Å². The van der Waals surface area contributed by atoms with Crippen molar-refractivity contribution in [1.29, 1.82) is 0 Å². The summed E-state index contributed by atoms with van der Waals surface area (Å²) in [6.45, 7) is 8.69. The van der Waals surface area contributed by atoms with Crippen LogP contribution in [0.5, 0.6) is 5.75 Å². The van der Waals surface area contributed by atoms with Gasteiger partial charge in [-0.3, -0.25) is 4.79 Å². The van der Waals surface area contributed by atoms with Gasteiger partial charge in [0, 0.05) is 6.54 Å². The van der Waals surface area contributed by atoms with E-state index in [4.69, 9.17) is 9.72 Å². The molecule has 32 heavy (non-hydrogen) atoms. The van der Waals surface area contributed by atoms with E-state index in [1.54, 1.807) is 0 Å². The summed E-state index contributed by atoms with van der Waals surface area (Å²) < 4.78 is 7.96. The fraction of sp³-hybridized carbons (Fsp3) is 0.259. The van der Waals surface area contributed by atoms with Crippen LogP contribution in [0.4, 0.5) is 0 Å². The number of aryl methyl sites for hydroxylation is 3. The highest BCUT2D eigenvalue weighted by atomic mass is 16.5. The minimum absolute atomic E-state index is 0.0350. The number of imidazole rings is 1. The molecule has 0 saturated carbocycles. The first-order valence-electron chi connectivity index (χ1n) is 10.9. The van der Waals surface area contributed by atoms with Crippen LogP contribution < -0.4 is 10.1 Å². The zero-order valence-corrected chi connectivity index (χ0v) is 19.1. The molecule has 1 amide bonds. The van der Waals surface area contributed by atoms with E-state index < -0.39 is 0 Å². The lowest BCUT2D eigenvalue weighted by Crippen LogP contribution is -2.32. The Balaban J connectivity index is 1.53. The zero-order valence-electron chi connectivity index (χ0n) is 19.1. The summed E-state index contributed by atoms with van der Waals surface area (Å²) in [7, 11) is 0. The van der Waals surface area contributed by atoms with Gasteiger partial charge in [0.25, 0.3) is 5.91 Å². The zero-order chi connectivity index (χ0) is 22.7. The van der Waals surface area contributed by atoms with Crippen molar-refractivity contribution < 1.29 is 9.53 Å². The number of para-hydroxylation sites is 2. The van der Waals surface area contributed by atoms with Crippen molar-refractivity contribution in [3.8, 4) is 5.75 Å². The highest BCUT2D eigenvalue weighted by Gasteiger charge is 2.19. The molecule has 1 unspecified atom stereocenters. The van der Waals surface area contributed by atoms with Gasteiger partial charge in [0.2, 0.25) is 0 Å². The fourth-order valence-corrected chi connectivity index (χ4v) is 3.94. The van der Waals surface area contributed by atoms with Crippen molar-refractivity contribution in [3.05, 3.63) is 94.8 Å². The fourth-order valence-electron chi connectivity index (χ4n) is 3.94. The number of amides is 1. The molecule has 5 nitrogen and oxygen atoms in total. The second-order valence-electron chi connectivity index (χ2n) is 8.38. The number of fused-ring (bicyclic) bond motifs is 1. The summed E-state index contributed by atoms with van der Waals surface area (Å²) in [5, 5.41) is 3.05. The molecule has 1 atom stereocenters. The first-order valence-corrected chi connectivity index (χ1v) is 10.9. The van der Waals surface area contributed by atoms with Gasteiger partial charge in [-0.05, 0) is 62.6 Å². The standard InChI is InChI=1S/C27H29N3O2/c1-18-8-7-9-22(14-18)16-30-24-11-6-5-10-23(24)29-27(30)21(4)28-26(31)17-32-25-15-19(2)12-13-20(25)3/h5-15,21H,16-17H2,1-4H3,(H,28,31). The normalized spacial score (nSPS) is 12.0. The van der Waals surface area contributed by atoms with Crippen LogP contribution in [0, 0.1) is 20.8 Å². The summed E-state index contributed by atoms with van der Waals surface area (Å²) in [6.07, 6.45) is 0. The quantitative estimate of drug-likeness (QED) is 0.437. The molecule has 1 heterocycles. The largest absolute Gasteiger partial charge is 0.483 e. The number of nitrogens with one attached hydrogen (secondary N) is 1. The third-order valence-corrected chi connectivity index (χ3v) is 5.57. The van der Waals surface area contributed by atoms with Crippen LogP contribution in [0.3, 0.4) is 0 Å². The Morgan fingerprint density at radius 2 is 1.78 bits per heavy atom. The molecule has 0 aliphatic heterocycles. The molecule has 0 fully saturated rings. The number of carbonyl (C=O) groups excluding carboxylic acids is 1. The first-order chi connectivity index (χ1) is 15.4. The Kier molecular flexibility index (Phi) is 6.26. The van der Waals surface area contributed by atoms with Crippen molar-refractivity contribution >= 4 is 16.9 Å². The van der Waals surface area contributed by atoms with Gasteiger partial charge in [0.05, 0.1) is 17.1 Å². The number of carbonyl (C=O) groups is 1. The van der Waals surface area contributed by atoms with Crippen LogP contribution >= 0.6 is 0 Å². The van der Waals surface area contributed by atoms with E-state index in [1.165, 1.54) is 11.1 Å². The lowest BCUT2D eigenvalue weighted by atomic mass is 10.1. The molecule has 0 radical (unpaired) electrons. The van der Waals surface area contributed by atoms with Crippen LogP contribution in [-0.4, -0.2) is 22.1 Å². The summed E-state index contributed by atoms with van der Waals surface area (Å²) >= 11 is 0. The molecule has 0 bridgehead atoms. The maximum Gasteiger partial charge on any atom is 0.258 e. The lowest BCUT2D eigenvalue weighted by molar-refractivity contribution is -0.123. The van der Waals surface area contributed by atoms with E-state index in [1.807, 2.05) is 57.2 Å². The minimum atomic E-state index is -0.262. The summed E-state index contributed by atoms with van der Waals surface area (Å²) in [4.78, 5) is 17.5. The minimum Gasteiger partial charge on any atom is -0.483 e. The molecule has 0 aliphatic carbocycles. The number of aromatic nitrogens is 2. The van der Waals surface area contributed by atoms with Gasteiger partial charge in [0.1, 0.15) is 11.6 Å². The molecule has 1 aromatic heterocycles. The Morgan fingerprint density at radius 1 is 1.00 bits per heavy atom. The lowest BCUT2D eigenvalue weighted by Gasteiger charge is -2.17. The van der Waals surface area contributed by atoms with Crippen molar-refractivity contribution in [3.63, 3.8) is 0 Å². The second-order valence-corrected chi connectivity index (χ2v) is 8.38. The summed E-state index contributed by atoms with van der Waals surface area (Å²) in [5.74, 6) is 1.39. The SMILES string of the molecule is Cc1cccc(Cn2c(C(C)NC(=O)COc3cc(C)ccc3C)nc3ccccc32)c1. The number of rotatable bonds is 7. The molecular weight excluding hydrogens is 398 g/mol. The molecule has 1 N–H and O–H groups in total. The van der Waals surface area contributed by atoms with Crippen molar-refractivity contribution in [2.24, 2.45) is 0 Å². The van der Waals surface area contributed by atoms with Gasteiger partial charge in [-0.25, -0.2) is 4.98 Å². The van der Waals surface area contributed by atoms with Gasteiger partial charge in [0.15, 0.2) is 6.61 Å². The Labute approximate surface area is 189 Å². The van der Waals surface area contributed by atoms with Gasteiger partial charge in [-0.2, -0.15) is 0 Å². The van der Waals surface area contributed by atoms with E-state index in [9.17, 15) is 4.79 Å². The third kappa shape index (κ3) is 4.83. The maximum absolute atomic E-state index is 12.7. The molecule has 3 aromatic carbocycles. The number of hydrogen-bond acceptors (Lipinski definition) is 3. The van der Waals surface area contributed by atoms with E-state index in [0.29, 0.717) is 6.54 Å². The number of hydrogen-bond donors (Lipinski definition) is 1. The Morgan fingerprint density at radius 3 is 2.59 bits per heavy atom. The average molecular weight is 428 g/mol. The summed E-state index contributed by atoms with van der Waals surface area (Å²) in [6, 6.07) is 22.3.